The minimum absolute atomic E-state index is 0.0788. The van der Waals surface area contributed by atoms with E-state index in [9.17, 15) is 21.6 Å². The van der Waals surface area contributed by atoms with E-state index in [0.717, 1.165) is 29.1 Å². The van der Waals surface area contributed by atoms with Gasteiger partial charge in [-0.05, 0) is 71.6 Å². The molecule has 0 amide bonds. The van der Waals surface area contributed by atoms with E-state index >= 15 is 0 Å². The van der Waals surface area contributed by atoms with E-state index in [1.165, 1.54) is 4.31 Å². The Labute approximate surface area is 237 Å². The number of hydrogen-bond donors (Lipinski definition) is 2. The average molecular weight is 646 g/mol. The van der Waals surface area contributed by atoms with Gasteiger partial charge >= 0.3 is 6.18 Å². The van der Waals surface area contributed by atoms with Crippen LogP contribution in [0.4, 0.5) is 19.0 Å². The number of sulfonamides is 1. The SMILES string of the molecule is C/C(=C\C(=N/c1[nH]ncc1Br)C1CCN(S(=O)(=O)c2ccc(C(F)(F)F)cc2Cl)CC1)NCc1cccnc1. The number of alkyl halides is 3. The summed E-state index contributed by atoms with van der Waals surface area (Å²) < 4.78 is 67.4. The topological polar surface area (TPSA) is 103 Å². The number of hydrogen-bond acceptors (Lipinski definition) is 6. The molecule has 1 saturated heterocycles. The molecular weight excluding hydrogens is 621 g/mol. The van der Waals surface area contributed by atoms with E-state index in [-0.39, 0.29) is 23.9 Å². The lowest BCUT2D eigenvalue weighted by molar-refractivity contribution is -0.137. The summed E-state index contributed by atoms with van der Waals surface area (Å²) >= 11 is 9.40. The van der Waals surface area contributed by atoms with Gasteiger partial charge in [-0.1, -0.05) is 17.7 Å². The van der Waals surface area contributed by atoms with E-state index in [2.05, 4.69) is 36.4 Å². The van der Waals surface area contributed by atoms with E-state index in [1.807, 2.05) is 25.1 Å². The zero-order valence-corrected chi connectivity index (χ0v) is 23.9. The summed E-state index contributed by atoms with van der Waals surface area (Å²) in [6, 6.07) is 6.10. The van der Waals surface area contributed by atoms with Crippen LogP contribution in [-0.2, 0) is 22.7 Å². The predicted octanol–water partition coefficient (Wildman–Crippen LogP) is 6.11. The van der Waals surface area contributed by atoms with E-state index in [0.29, 0.717) is 35.7 Å². The minimum Gasteiger partial charge on any atom is -0.384 e. The highest BCUT2D eigenvalue weighted by Crippen LogP contribution is 2.35. The Morgan fingerprint density at radius 2 is 2.03 bits per heavy atom. The van der Waals surface area contributed by atoms with Gasteiger partial charge in [0.2, 0.25) is 10.0 Å². The standard InChI is InChI=1S/C25H25BrClF3N6O2S/c1-16(32-14-17-3-2-8-31-13-17)11-22(34-24-20(26)15-33-35-24)18-6-9-36(10-7-18)39(37,38)23-5-4-19(12-21(23)27)25(28,29)30/h2-5,8,11-13,15,18,32H,6-7,9-10,14H2,1H3,(H,33,35)/b16-11+,34-22+. The number of aromatic amines is 1. The number of rotatable bonds is 8. The number of halogens is 5. The number of piperidine rings is 1. The molecule has 2 aromatic heterocycles. The summed E-state index contributed by atoms with van der Waals surface area (Å²) in [7, 11) is -4.09. The fourth-order valence-electron chi connectivity index (χ4n) is 4.15. The van der Waals surface area contributed by atoms with Crippen LogP contribution < -0.4 is 5.32 Å². The van der Waals surface area contributed by atoms with Gasteiger partial charge in [0.15, 0.2) is 5.82 Å². The number of allylic oxidation sites excluding steroid dienone is 2. The third kappa shape index (κ3) is 7.27. The largest absolute Gasteiger partial charge is 0.416 e. The van der Waals surface area contributed by atoms with Crippen LogP contribution in [0, 0.1) is 5.92 Å². The lowest BCUT2D eigenvalue weighted by Gasteiger charge is -2.31. The summed E-state index contributed by atoms with van der Waals surface area (Å²) in [6.45, 7) is 2.80. The molecule has 0 radical (unpaired) electrons. The third-order valence-corrected chi connectivity index (χ3v) is 9.19. The van der Waals surface area contributed by atoms with E-state index in [4.69, 9.17) is 16.6 Å². The average Bonchev–Trinajstić information content (AvgIpc) is 3.31. The van der Waals surface area contributed by atoms with Gasteiger partial charge in [-0.15, -0.1) is 0 Å². The summed E-state index contributed by atoms with van der Waals surface area (Å²) in [5.41, 5.74) is 1.61. The van der Waals surface area contributed by atoms with Gasteiger partial charge < -0.3 is 5.32 Å². The minimum atomic E-state index is -4.62. The molecule has 1 aromatic carbocycles. The summed E-state index contributed by atoms with van der Waals surface area (Å²) in [5.74, 6) is 0.456. The lowest BCUT2D eigenvalue weighted by atomic mass is 9.92. The molecule has 0 aliphatic carbocycles. The molecule has 3 aromatic rings. The number of aromatic nitrogens is 3. The molecule has 39 heavy (non-hydrogen) atoms. The number of nitrogens with one attached hydrogen (secondary N) is 2. The second-order valence-electron chi connectivity index (χ2n) is 8.97. The molecule has 1 aliphatic rings. The molecule has 14 heteroatoms. The highest BCUT2D eigenvalue weighted by Gasteiger charge is 2.35. The van der Waals surface area contributed by atoms with Gasteiger partial charge in [-0.3, -0.25) is 10.1 Å². The van der Waals surface area contributed by atoms with Gasteiger partial charge in [-0.2, -0.15) is 22.6 Å². The quantitative estimate of drug-likeness (QED) is 0.288. The van der Waals surface area contributed by atoms with Crippen LogP contribution >= 0.6 is 27.5 Å². The molecule has 0 atom stereocenters. The van der Waals surface area contributed by atoms with Crippen molar-refractivity contribution in [2.24, 2.45) is 10.9 Å². The van der Waals surface area contributed by atoms with Crippen LogP contribution in [-0.4, -0.2) is 46.7 Å². The first-order chi connectivity index (χ1) is 18.4. The van der Waals surface area contributed by atoms with E-state index < -0.39 is 26.8 Å². The van der Waals surface area contributed by atoms with Crippen LogP contribution in [0.1, 0.15) is 30.9 Å². The van der Waals surface area contributed by atoms with Crippen molar-refractivity contribution < 1.29 is 21.6 Å². The van der Waals surface area contributed by atoms with Crippen molar-refractivity contribution in [1.82, 2.24) is 24.8 Å². The normalized spacial score (nSPS) is 16.5. The van der Waals surface area contributed by atoms with Crippen LogP contribution in [0.3, 0.4) is 0 Å². The maximum Gasteiger partial charge on any atom is 0.416 e. The van der Waals surface area contributed by atoms with Crippen LogP contribution in [0.2, 0.25) is 5.02 Å². The maximum atomic E-state index is 13.2. The Morgan fingerprint density at radius 1 is 1.28 bits per heavy atom. The zero-order valence-electron chi connectivity index (χ0n) is 20.7. The predicted molar refractivity (Wildman–Crippen MR) is 146 cm³/mol. The second kappa shape index (κ2) is 12.2. The van der Waals surface area contributed by atoms with Crippen molar-refractivity contribution in [3.05, 3.63) is 81.3 Å². The molecule has 0 bridgehead atoms. The van der Waals surface area contributed by atoms with Crippen molar-refractivity contribution in [3.8, 4) is 0 Å². The second-order valence-corrected chi connectivity index (χ2v) is 12.1. The van der Waals surface area contributed by atoms with Gasteiger partial charge in [0, 0.05) is 49.4 Å². The number of aliphatic imine (C=N–C) groups is 1. The molecule has 3 heterocycles. The molecule has 0 saturated carbocycles. The van der Waals surface area contributed by atoms with Gasteiger partial charge in [0.1, 0.15) is 4.90 Å². The molecule has 2 N–H and O–H groups in total. The molecule has 4 rings (SSSR count). The monoisotopic (exact) mass is 644 g/mol. The zero-order chi connectivity index (χ0) is 28.2. The van der Waals surface area contributed by atoms with Crippen LogP contribution in [0.25, 0.3) is 0 Å². The summed E-state index contributed by atoms with van der Waals surface area (Å²) in [6.07, 6.45) is 3.28. The Balaban J connectivity index is 1.51. The lowest BCUT2D eigenvalue weighted by Crippen LogP contribution is -2.40. The number of H-pyrrole nitrogens is 1. The van der Waals surface area contributed by atoms with Crippen molar-refractivity contribution in [2.75, 3.05) is 13.1 Å². The summed E-state index contributed by atoms with van der Waals surface area (Å²) in [4.78, 5) is 8.52. The van der Waals surface area contributed by atoms with Crippen molar-refractivity contribution >= 4 is 49.1 Å². The highest BCUT2D eigenvalue weighted by atomic mass is 79.9. The molecular formula is C25H25BrClF3N6O2S. The number of pyridine rings is 1. The van der Waals surface area contributed by atoms with E-state index in [1.54, 1.807) is 18.6 Å². The Bertz CT molecular complexity index is 1470. The molecule has 1 fully saturated rings. The first kappa shape index (κ1) is 29.2. The van der Waals surface area contributed by atoms with Crippen molar-refractivity contribution in [1.29, 1.82) is 0 Å². The molecule has 208 valence electrons. The van der Waals surface area contributed by atoms with Gasteiger partial charge in [0.25, 0.3) is 0 Å². The first-order valence-corrected chi connectivity index (χ1v) is 14.5. The van der Waals surface area contributed by atoms with Gasteiger partial charge in [-0.25, -0.2) is 13.4 Å². The first-order valence-electron chi connectivity index (χ1n) is 11.9. The molecule has 0 spiro atoms. The smallest absolute Gasteiger partial charge is 0.384 e. The number of nitrogens with zero attached hydrogens (tertiary/aromatic N) is 4. The Hall–Kier alpha value is -2.74. The Morgan fingerprint density at radius 3 is 2.62 bits per heavy atom. The molecule has 8 nitrogen and oxygen atoms in total. The molecule has 0 unspecified atom stereocenters. The van der Waals surface area contributed by atoms with Crippen molar-refractivity contribution in [2.45, 2.75) is 37.4 Å². The van der Waals surface area contributed by atoms with Gasteiger partial charge in [0.05, 0.1) is 21.3 Å². The fraction of sp³-hybridized carbons (Fsp3) is 0.320. The van der Waals surface area contributed by atoms with Crippen LogP contribution in [0.15, 0.2) is 75.1 Å². The Kier molecular flexibility index (Phi) is 9.14. The fourth-order valence-corrected chi connectivity index (χ4v) is 6.42. The highest BCUT2D eigenvalue weighted by molar-refractivity contribution is 9.10. The van der Waals surface area contributed by atoms with Crippen LogP contribution in [0.5, 0.6) is 0 Å². The third-order valence-electron chi connectivity index (χ3n) is 6.22. The van der Waals surface area contributed by atoms with Crippen molar-refractivity contribution in [3.63, 3.8) is 0 Å². The molecule has 1 aliphatic heterocycles. The number of benzene rings is 1. The maximum absolute atomic E-state index is 13.2. The summed E-state index contributed by atoms with van der Waals surface area (Å²) in [5, 5.41) is 9.71.